The van der Waals surface area contributed by atoms with Crippen LogP contribution < -0.4 is 10.6 Å². The number of urea groups is 1. The van der Waals surface area contributed by atoms with Crippen molar-refractivity contribution in [3.8, 4) is 0 Å². The molecule has 0 spiro atoms. The molecule has 1 aliphatic heterocycles. The van der Waals surface area contributed by atoms with Gasteiger partial charge in [0, 0.05) is 38.1 Å². The third-order valence-electron chi connectivity index (χ3n) is 4.71. The van der Waals surface area contributed by atoms with Gasteiger partial charge in [0.25, 0.3) is 0 Å². The number of piperidine rings is 1. The number of hydrogen-bond acceptors (Lipinski definition) is 3. The minimum atomic E-state index is -4.18. The van der Waals surface area contributed by atoms with E-state index in [4.69, 9.17) is 0 Å². The lowest BCUT2D eigenvalue weighted by molar-refractivity contribution is -0.148. The van der Waals surface area contributed by atoms with Crippen molar-refractivity contribution >= 4 is 6.03 Å². The maximum atomic E-state index is 12.4. The number of benzene rings is 1. The van der Waals surface area contributed by atoms with Crippen LogP contribution in [-0.4, -0.2) is 52.6 Å². The third kappa shape index (κ3) is 6.56. The Morgan fingerprint density at radius 1 is 1.14 bits per heavy atom. The zero-order valence-electron chi connectivity index (χ0n) is 15.5. The number of carbonyl (C=O) groups is 1. The number of likely N-dealkylation sites (tertiary alicyclic amines) is 1. The second-order valence-electron chi connectivity index (χ2n) is 7.01. The standard InChI is InChI=1S/C19H24F3N5O/c20-19(21,22)14-26-10-6-17(7-11-26)25-18(28)23-12-15-2-4-16(5-3-15)13-27-9-1-8-24-27/h1-5,8-9,17H,6-7,10-14H2,(H2,23,25,28). The highest BCUT2D eigenvalue weighted by atomic mass is 19.4. The SMILES string of the molecule is O=C(NCc1ccc(Cn2cccn2)cc1)NC1CCN(CC(F)(F)F)CC1. The Kier molecular flexibility index (Phi) is 6.56. The van der Waals surface area contributed by atoms with Crippen molar-refractivity contribution in [3.63, 3.8) is 0 Å². The Morgan fingerprint density at radius 2 is 1.82 bits per heavy atom. The molecule has 0 bridgehead atoms. The summed E-state index contributed by atoms with van der Waals surface area (Å²) in [6, 6.07) is 9.37. The van der Waals surface area contributed by atoms with E-state index in [9.17, 15) is 18.0 Å². The predicted octanol–water partition coefficient (Wildman–Crippen LogP) is 2.76. The summed E-state index contributed by atoms with van der Waals surface area (Å²) in [6.45, 7) is 0.863. The van der Waals surface area contributed by atoms with Crippen LogP contribution in [0, 0.1) is 0 Å². The molecule has 1 fully saturated rings. The van der Waals surface area contributed by atoms with Crippen molar-refractivity contribution in [2.24, 2.45) is 0 Å². The molecule has 2 amide bonds. The summed E-state index contributed by atoms with van der Waals surface area (Å²) in [4.78, 5) is 13.4. The van der Waals surface area contributed by atoms with Crippen LogP contribution in [0.4, 0.5) is 18.0 Å². The molecule has 1 aliphatic rings. The average molecular weight is 395 g/mol. The number of alkyl halides is 3. The molecule has 3 rings (SSSR count). The molecular formula is C19H24F3N5O. The highest BCUT2D eigenvalue weighted by Crippen LogP contribution is 2.19. The van der Waals surface area contributed by atoms with Crippen molar-refractivity contribution in [1.82, 2.24) is 25.3 Å². The summed E-state index contributed by atoms with van der Waals surface area (Å²) in [5.41, 5.74) is 2.09. The molecule has 0 saturated carbocycles. The lowest BCUT2D eigenvalue weighted by Gasteiger charge is -2.32. The van der Waals surface area contributed by atoms with Gasteiger partial charge in [0.1, 0.15) is 0 Å². The summed E-state index contributed by atoms with van der Waals surface area (Å²) in [5.74, 6) is 0. The lowest BCUT2D eigenvalue weighted by Crippen LogP contribution is -2.49. The van der Waals surface area contributed by atoms with E-state index in [1.165, 1.54) is 4.90 Å². The normalized spacial score (nSPS) is 16.1. The van der Waals surface area contributed by atoms with Gasteiger partial charge < -0.3 is 10.6 Å². The first-order valence-corrected chi connectivity index (χ1v) is 9.26. The number of amides is 2. The molecule has 0 atom stereocenters. The fourth-order valence-electron chi connectivity index (χ4n) is 3.25. The zero-order chi connectivity index (χ0) is 20.0. The maximum Gasteiger partial charge on any atom is 0.401 e. The van der Waals surface area contributed by atoms with Crippen LogP contribution in [0.15, 0.2) is 42.7 Å². The molecule has 1 aromatic heterocycles. The molecule has 0 aliphatic carbocycles. The molecule has 0 unspecified atom stereocenters. The van der Waals surface area contributed by atoms with Gasteiger partial charge in [-0.15, -0.1) is 0 Å². The van der Waals surface area contributed by atoms with Gasteiger partial charge in [0.05, 0.1) is 13.1 Å². The first-order chi connectivity index (χ1) is 13.4. The molecule has 152 valence electrons. The van der Waals surface area contributed by atoms with Gasteiger partial charge in [0.15, 0.2) is 0 Å². The van der Waals surface area contributed by atoms with Crippen molar-refractivity contribution < 1.29 is 18.0 Å². The smallest absolute Gasteiger partial charge is 0.335 e. The van der Waals surface area contributed by atoms with E-state index in [0.717, 1.165) is 11.1 Å². The van der Waals surface area contributed by atoms with Crippen molar-refractivity contribution in [1.29, 1.82) is 0 Å². The van der Waals surface area contributed by atoms with E-state index in [2.05, 4.69) is 15.7 Å². The molecule has 1 aromatic carbocycles. The van der Waals surface area contributed by atoms with E-state index in [1.807, 2.05) is 41.2 Å². The molecule has 2 aromatic rings. The average Bonchev–Trinajstić information content (AvgIpc) is 3.15. The second kappa shape index (κ2) is 9.09. The van der Waals surface area contributed by atoms with Crippen LogP contribution in [-0.2, 0) is 13.1 Å². The molecule has 2 N–H and O–H groups in total. The van der Waals surface area contributed by atoms with Crippen LogP contribution in [0.2, 0.25) is 0 Å². The Bertz CT molecular complexity index is 738. The molecule has 0 radical (unpaired) electrons. The van der Waals surface area contributed by atoms with Crippen molar-refractivity contribution in [2.45, 2.75) is 38.1 Å². The summed E-state index contributed by atoms with van der Waals surface area (Å²) >= 11 is 0. The van der Waals surface area contributed by atoms with Crippen LogP contribution in [0.25, 0.3) is 0 Å². The van der Waals surface area contributed by atoms with E-state index in [-0.39, 0.29) is 12.1 Å². The fraction of sp³-hybridized carbons (Fsp3) is 0.474. The molecule has 28 heavy (non-hydrogen) atoms. The van der Waals surface area contributed by atoms with Gasteiger partial charge in [-0.1, -0.05) is 24.3 Å². The van der Waals surface area contributed by atoms with Crippen molar-refractivity contribution in [2.75, 3.05) is 19.6 Å². The number of aromatic nitrogens is 2. The predicted molar refractivity (Wildman–Crippen MR) is 98.7 cm³/mol. The number of carbonyl (C=O) groups excluding carboxylic acids is 1. The topological polar surface area (TPSA) is 62.2 Å². The number of halogens is 3. The van der Waals surface area contributed by atoms with Gasteiger partial charge in [0.2, 0.25) is 0 Å². The van der Waals surface area contributed by atoms with Gasteiger partial charge in [-0.3, -0.25) is 9.58 Å². The zero-order valence-corrected chi connectivity index (χ0v) is 15.5. The Balaban J connectivity index is 1.36. The molecular weight excluding hydrogens is 371 g/mol. The molecule has 1 saturated heterocycles. The molecule has 2 heterocycles. The molecule has 6 nitrogen and oxygen atoms in total. The number of nitrogens with zero attached hydrogens (tertiary/aromatic N) is 3. The quantitative estimate of drug-likeness (QED) is 0.791. The van der Waals surface area contributed by atoms with Crippen molar-refractivity contribution in [3.05, 3.63) is 53.9 Å². The Hall–Kier alpha value is -2.55. The van der Waals surface area contributed by atoms with Gasteiger partial charge >= 0.3 is 12.2 Å². The monoisotopic (exact) mass is 395 g/mol. The van der Waals surface area contributed by atoms with Gasteiger partial charge in [-0.25, -0.2) is 4.79 Å². The first kappa shape index (κ1) is 20.2. The molecule has 9 heteroatoms. The summed E-state index contributed by atoms with van der Waals surface area (Å²) in [7, 11) is 0. The minimum absolute atomic E-state index is 0.0964. The van der Waals surface area contributed by atoms with E-state index in [0.29, 0.717) is 39.0 Å². The fourth-order valence-corrected chi connectivity index (χ4v) is 3.25. The first-order valence-electron chi connectivity index (χ1n) is 9.26. The van der Waals surface area contributed by atoms with E-state index >= 15 is 0 Å². The van der Waals surface area contributed by atoms with E-state index < -0.39 is 12.7 Å². The third-order valence-corrected chi connectivity index (χ3v) is 4.71. The van der Waals surface area contributed by atoms with E-state index in [1.54, 1.807) is 6.20 Å². The minimum Gasteiger partial charge on any atom is -0.335 e. The van der Waals surface area contributed by atoms with Crippen LogP contribution in [0.1, 0.15) is 24.0 Å². The summed E-state index contributed by atoms with van der Waals surface area (Å²) in [5, 5.41) is 9.81. The van der Waals surface area contributed by atoms with Crippen LogP contribution >= 0.6 is 0 Å². The lowest BCUT2D eigenvalue weighted by atomic mass is 10.1. The number of nitrogens with one attached hydrogen (secondary N) is 2. The van der Waals surface area contributed by atoms with Crippen LogP contribution in [0.3, 0.4) is 0 Å². The van der Waals surface area contributed by atoms with Gasteiger partial charge in [-0.2, -0.15) is 18.3 Å². The highest BCUT2D eigenvalue weighted by Gasteiger charge is 2.32. The second-order valence-corrected chi connectivity index (χ2v) is 7.01. The maximum absolute atomic E-state index is 12.4. The highest BCUT2D eigenvalue weighted by molar-refractivity contribution is 5.74. The largest absolute Gasteiger partial charge is 0.401 e. The Morgan fingerprint density at radius 3 is 2.43 bits per heavy atom. The van der Waals surface area contributed by atoms with Crippen LogP contribution in [0.5, 0.6) is 0 Å². The number of rotatable bonds is 6. The summed E-state index contributed by atoms with van der Waals surface area (Å²) < 4.78 is 39.0. The Labute approximate surface area is 161 Å². The summed E-state index contributed by atoms with van der Waals surface area (Å²) in [6.07, 6.45) is 0.493. The van der Waals surface area contributed by atoms with Gasteiger partial charge in [-0.05, 0) is 30.0 Å². The number of hydrogen-bond donors (Lipinski definition) is 2.